The maximum atomic E-state index is 5.94. The molecule has 3 nitrogen and oxygen atoms in total. The van der Waals surface area contributed by atoms with Gasteiger partial charge in [-0.15, -0.1) is 11.8 Å². The lowest BCUT2D eigenvalue weighted by Crippen LogP contribution is -2.26. The Kier molecular flexibility index (Phi) is 5.78. The normalized spacial score (nSPS) is 18.1. The smallest absolute Gasteiger partial charge is 0.119 e. The first-order chi connectivity index (χ1) is 10.8. The molecule has 0 aliphatic carbocycles. The summed E-state index contributed by atoms with van der Waals surface area (Å²) in [5.41, 5.74) is 1.24. The van der Waals surface area contributed by atoms with E-state index in [4.69, 9.17) is 14.2 Å². The molecule has 2 unspecified atom stereocenters. The van der Waals surface area contributed by atoms with Crippen LogP contribution in [-0.2, 0) is 9.47 Å². The van der Waals surface area contributed by atoms with Gasteiger partial charge in [-0.2, -0.15) is 11.3 Å². The first kappa shape index (κ1) is 15.9. The van der Waals surface area contributed by atoms with Crippen LogP contribution < -0.4 is 4.74 Å². The van der Waals surface area contributed by atoms with Crippen LogP contribution in [0.15, 0.2) is 46.0 Å². The highest BCUT2D eigenvalue weighted by molar-refractivity contribution is 7.99. The molecule has 22 heavy (non-hydrogen) atoms. The molecule has 5 heteroatoms. The van der Waals surface area contributed by atoms with Gasteiger partial charge in [0.2, 0.25) is 0 Å². The number of thiophene rings is 1. The molecule has 2 atom stereocenters. The van der Waals surface area contributed by atoms with E-state index in [1.165, 1.54) is 10.5 Å². The third kappa shape index (κ3) is 5.32. The minimum Gasteiger partial charge on any atom is -0.491 e. The lowest BCUT2D eigenvalue weighted by Gasteiger charge is -2.18. The summed E-state index contributed by atoms with van der Waals surface area (Å²) in [4.78, 5) is 1.29. The lowest BCUT2D eigenvalue weighted by atomic mass is 10.2. The first-order valence-corrected chi connectivity index (χ1v) is 9.30. The van der Waals surface area contributed by atoms with Crippen LogP contribution in [0, 0.1) is 6.92 Å². The summed E-state index contributed by atoms with van der Waals surface area (Å²) in [5.74, 6) is 1.78. The van der Waals surface area contributed by atoms with Gasteiger partial charge in [0.15, 0.2) is 0 Å². The Bertz CT molecular complexity index is 550. The molecule has 0 spiro atoms. The Morgan fingerprint density at radius 1 is 1.32 bits per heavy atom. The number of rotatable bonds is 9. The van der Waals surface area contributed by atoms with E-state index in [1.54, 1.807) is 11.3 Å². The zero-order valence-electron chi connectivity index (χ0n) is 12.6. The van der Waals surface area contributed by atoms with Crippen LogP contribution in [0.1, 0.15) is 5.56 Å². The summed E-state index contributed by atoms with van der Waals surface area (Å²) < 4.78 is 17.0. The maximum Gasteiger partial charge on any atom is 0.119 e. The first-order valence-electron chi connectivity index (χ1n) is 7.37. The van der Waals surface area contributed by atoms with Crippen molar-refractivity contribution in [2.24, 2.45) is 0 Å². The molecule has 1 aliphatic heterocycles. The second-order valence-electron chi connectivity index (χ2n) is 5.30. The van der Waals surface area contributed by atoms with E-state index >= 15 is 0 Å². The third-order valence-corrected chi connectivity index (χ3v) is 5.27. The van der Waals surface area contributed by atoms with Crippen molar-refractivity contribution in [2.45, 2.75) is 24.0 Å². The Balaban J connectivity index is 1.48. The lowest BCUT2D eigenvalue weighted by molar-refractivity contribution is 0.0270. The SMILES string of the molecule is Cc1ccc(OCC(CSc2ccsc2)OCC2CO2)cc1. The Morgan fingerprint density at radius 2 is 2.14 bits per heavy atom. The minimum absolute atomic E-state index is 0.0652. The standard InChI is InChI=1S/C17H20O3S2/c1-13-2-4-14(5-3-13)18-10-16(20-9-15-8-19-15)11-22-17-6-7-21-12-17/h2-7,12,15-16H,8-11H2,1H3. The van der Waals surface area contributed by atoms with Crippen molar-refractivity contribution < 1.29 is 14.2 Å². The summed E-state index contributed by atoms with van der Waals surface area (Å²) in [6.45, 7) is 4.12. The molecule has 0 radical (unpaired) electrons. The second-order valence-corrected chi connectivity index (χ2v) is 7.18. The van der Waals surface area contributed by atoms with Gasteiger partial charge in [-0.3, -0.25) is 0 Å². The number of epoxide rings is 1. The molecule has 2 aromatic rings. The molecule has 1 aromatic heterocycles. The van der Waals surface area contributed by atoms with Gasteiger partial charge in [0, 0.05) is 16.0 Å². The van der Waals surface area contributed by atoms with Crippen molar-refractivity contribution in [3.8, 4) is 5.75 Å². The summed E-state index contributed by atoms with van der Waals surface area (Å²) in [5, 5.41) is 4.26. The quantitative estimate of drug-likeness (QED) is 0.511. The second kappa shape index (κ2) is 8.02. The Labute approximate surface area is 139 Å². The summed E-state index contributed by atoms with van der Waals surface area (Å²) in [6, 6.07) is 10.3. The molecule has 1 aliphatic rings. The third-order valence-electron chi connectivity index (χ3n) is 3.31. The van der Waals surface area contributed by atoms with Gasteiger partial charge in [0.05, 0.1) is 13.2 Å². The van der Waals surface area contributed by atoms with Crippen LogP contribution in [0.2, 0.25) is 0 Å². The predicted molar refractivity (Wildman–Crippen MR) is 91.2 cm³/mol. The molecule has 0 amide bonds. The van der Waals surface area contributed by atoms with Gasteiger partial charge in [-0.1, -0.05) is 17.7 Å². The Hall–Kier alpha value is -1.01. The van der Waals surface area contributed by atoms with E-state index in [1.807, 2.05) is 23.9 Å². The summed E-state index contributed by atoms with van der Waals surface area (Å²) in [7, 11) is 0. The summed E-state index contributed by atoms with van der Waals surface area (Å²) in [6.07, 6.45) is 0.350. The van der Waals surface area contributed by atoms with E-state index in [2.05, 4.69) is 35.9 Å². The van der Waals surface area contributed by atoms with E-state index < -0.39 is 0 Å². The van der Waals surface area contributed by atoms with Gasteiger partial charge in [0.1, 0.15) is 24.6 Å². The number of aryl methyl sites for hydroxylation is 1. The van der Waals surface area contributed by atoms with Gasteiger partial charge in [0.25, 0.3) is 0 Å². The number of thioether (sulfide) groups is 1. The van der Waals surface area contributed by atoms with Crippen molar-refractivity contribution in [1.29, 1.82) is 0 Å². The molecule has 1 aromatic carbocycles. The van der Waals surface area contributed by atoms with Gasteiger partial charge in [-0.05, 0) is 30.5 Å². The summed E-state index contributed by atoms with van der Waals surface area (Å²) >= 11 is 3.53. The number of hydrogen-bond donors (Lipinski definition) is 0. The van der Waals surface area contributed by atoms with E-state index in [0.717, 1.165) is 18.1 Å². The topological polar surface area (TPSA) is 31.0 Å². The average molecular weight is 336 g/mol. The van der Waals surface area contributed by atoms with Crippen LogP contribution in [-0.4, -0.2) is 37.8 Å². The zero-order valence-corrected chi connectivity index (χ0v) is 14.2. The van der Waals surface area contributed by atoms with Crippen molar-refractivity contribution in [2.75, 3.05) is 25.6 Å². The Morgan fingerprint density at radius 3 is 2.82 bits per heavy atom. The van der Waals surface area contributed by atoms with Crippen LogP contribution in [0.3, 0.4) is 0 Å². The number of ether oxygens (including phenoxy) is 3. The predicted octanol–water partition coefficient (Wildman–Crippen LogP) is 4.01. The molecule has 2 heterocycles. The molecular formula is C17H20O3S2. The van der Waals surface area contributed by atoms with E-state index in [9.17, 15) is 0 Å². The van der Waals surface area contributed by atoms with E-state index in [0.29, 0.717) is 13.2 Å². The van der Waals surface area contributed by atoms with Gasteiger partial charge < -0.3 is 14.2 Å². The molecule has 1 fully saturated rings. The fraction of sp³-hybridized carbons (Fsp3) is 0.412. The molecule has 118 valence electrons. The fourth-order valence-corrected chi connectivity index (χ4v) is 3.68. The highest BCUT2D eigenvalue weighted by Crippen LogP contribution is 2.23. The van der Waals surface area contributed by atoms with Crippen LogP contribution in [0.5, 0.6) is 5.75 Å². The van der Waals surface area contributed by atoms with Gasteiger partial charge >= 0.3 is 0 Å². The van der Waals surface area contributed by atoms with Crippen LogP contribution >= 0.6 is 23.1 Å². The van der Waals surface area contributed by atoms with E-state index in [-0.39, 0.29) is 12.2 Å². The van der Waals surface area contributed by atoms with Crippen molar-refractivity contribution >= 4 is 23.1 Å². The van der Waals surface area contributed by atoms with Crippen LogP contribution in [0.25, 0.3) is 0 Å². The largest absolute Gasteiger partial charge is 0.491 e. The van der Waals surface area contributed by atoms with Gasteiger partial charge in [-0.25, -0.2) is 0 Å². The molecule has 1 saturated heterocycles. The van der Waals surface area contributed by atoms with Crippen LogP contribution in [0.4, 0.5) is 0 Å². The fourth-order valence-electron chi connectivity index (χ4n) is 1.90. The monoisotopic (exact) mass is 336 g/mol. The highest BCUT2D eigenvalue weighted by atomic mass is 32.2. The maximum absolute atomic E-state index is 5.94. The molecule has 0 bridgehead atoms. The zero-order chi connectivity index (χ0) is 15.2. The van der Waals surface area contributed by atoms with Crippen molar-refractivity contribution in [3.05, 3.63) is 46.7 Å². The number of hydrogen-bond acceptors (Lipinski definition) is 5. The highest BCUT2D eigenvalue weighted by Gasteiger charge is 2.24. The van der Waals surface area contributed by atoms with Crippen molar-refractivity contribution in [1.82, 2.24) is 0 Å². The van der Waals surface area contributed by atoms with Crippen molar-refractivity contribution in [3.63, 3.8) is 0 Å². The molecule has 0 saturated carbocycles. The molecule has 3 rings (SSSR count). The number of benzene rings is 1. The molecular weight excluding hydrogens is 316 g/mol. The average Bonchev–Trinajstić information content (AvgIpc) is 3.22. The minimum atomic E-state index is 0.0652. The molecule has 0 N–H and O–H groups in total.